The van der Waals surface area contributed by atoms with Gasteiger partial charge in [-0.3, -0.25) is 5.10 Å². The van der Waals surface area contributed by atoms with E-state index in [4.69, 9.17) is 4.98 Å². The number of fused-ring (bicyclic) bond motifs is 3. The summed E-state index contributed by atoms with van der Waals surface area (Å²) in [5.74, 6) is 0.252. The maximum absolute atomic E-state index is 9.46. The van der Waals surface area contributed by atoms with Crippen molar-refractivity contribution in [3.63, 3.8) is 0 Å². The number of aryl methyl sites for hydroxylation is 1. The quantitative estimate of drug-likeness (QED) is 0.555. The Morgan fingerprint density at radius 2 is 1.81 bits per heavy atom. The zero-order valence-corrected chi connectivity index (χ0v) is 11.5. The molecular formula is C17H13N3O. The van der Waals surface area contributed by atoms with Crippen LogP contribution in [0.2, 0.25) is 0 Å². The summed E-state index contributed by atoms with van der Waals surface area (Å²) in [5.41, 5.74) is 3.84. The molecule has 4 aromatic rings. The van der Waals surface area contributed by atoms with Gasteiger partial charge in [-0.05, 0) is 42.1 Å². The van der Waals surface area contributed by atoms with Gasteiger partial charge < -0.3 is 5.11 Å². The van der Waals surface area contributed by atoms with Gasteiger partial charge in [-0.15, -0.1) is 0 Å². The van der Waals surface area contributed by atoms with Gasteiger partial charge in [-0.1, -0.05) is 18.2 Å². The second-order valence-corrected chi connectivity index (χ2v) is 5.14. The Kier molecular flexibility index (Phi) is 2.44. The summed E-state index contributed by atoms with van der Waals surface area (Å²) in [5, 5.41) is 19.8. The van der Waals surface area contributed by atoms with Gasteiger partial charge >= 0.3 is 0 Å². The van der Waals surface area contributed by atoms with Crippen LogP contribution in [0.15, 0.2) is 48.7 Å². The lowest BCUT2D eigenvalue weighted by Gasteiger charge is -2.09. The van der Waals surface area contributed by atoms with Gasteiger partial charge in [0.05, 0.1) is 11.9 Å². The summed E-state index contributed by atoms with van der Waals surface area (Å²) in [7, 11) is 0. The maximum Gasteiger partial charge on any atom is 0.156 e. The fourth-order valence-corrected chi connectivity index (χ4v) is 2.78. The number of phenolic OH excluding ortho intramolecular Hbond substituents is 1. The SMILES string of the molecule is Cc1cccc2c(-c3ccc(O)cc3)nc3[nH]ncc3c12. The van der Waals surface area contributed by atoms with Crippen molar-refractivity contribution >= 4 is 21.8 Å². The molecule has 21 heavy (non-hydrogen) atoms. The normalized spacial score (nSPS) is 11.3. The monoisotopic (exact) mass is 275 g/mol. The summed E-state index contributed by atoms with van der Waals surface area (Å²) >= 11 is 0. The first-order valence-corrected chi connectivity index (χ1v) is 6.76. The van der Waals surface area contributed by atoms with Crippen molar-refractivity contribution in [2.75, 3.05) is 0 Å². The minimum atomic E-state index is 0.252. The van der Waals surface area contributed by atoms with Gasteiger partial charge in [0, 0.05) is 16.3 Å². The molecule has 0 aliphatic rings. The van der Waals surface area contributed by atoms with E-state index in [1.807, 2.05) is 24.4 Å². The molecule has 0 saturated heterocycles. The highest BCUT2D eigenvalue weighted by Gasteiger charge is 2.12. The molecule has 2 aromatic heterocycles. The fraction of sp³-hybridized carbons (Fsp3) is 0.0588. The summed E-state index contributed by atoms with van der Waals surface area (Å²) in [6.45, 7) is 2.09. The number of aromatic nitrogens is 3. The molecule has 2 N–H and O–H groups in total. The van der Waals surface area contributed by atoms with Gasteiger partial charge in [0.1, 0.15) is 5.75 Å². The number of aromatic amines is 1. The Bertz CT molecular complexity index is 955. The second-order valence-electron chi connectivity index (χ2n) is 5.14. The van der Waals surface area contributed by atoms with Crippen LogP contribution < -0.4 is 0 Å². The fourth-order valence-electron chi connectivity index (χ4n) is 2.78. The van der Waals surface area contributed by atoms with Crippen LogP contribution in [0.3, 0.4) is 0 Å². The van der Waals surface area contributed by atoms with Crippen LogP contribution in [0.4, 0.5) is 0 Å². The van der Waals surface area contributed by atoms with E-state index in [0.717, 1.165) is 27.7 Å². The molecule has 0 fully saturated rings. The highest BCUT2D eigenvalue weighted by molar-refractivity contribution is 6.11. The van der Waals surface area contributed by atoms with Crippen LogP contribution in [0.1, 0.15) is 5.56 Å². The molecule has 102 valence electrons. The number of rotatable bonds is 1. The molecule has 0 amide bonds. The highest BCUT2D eigenvalue weighted by Crippen LogP contribution is 2.33. The third-order valence-electron chi connectivity index (χ3n) is 3.78. The minimum Gasteiger partial charge on any atom is -0.508 e. The number of hydrogen-bond acceptors (Lipinski definition) is 3. The number of phenols is 1. The van der Waals surface area contributed by atoms with Crippen molar-refractivity contribution in [3.8, 4) is 17.0 Å². The zero-order valence-electron chi connectivity index (χ0n) is 11.5. The topological polar surface area (TPSA) is 61.8 Å². The number of pyridine rings is 1. The highest BCUT2D eigenvalue weighted by atomic mass is 16.3. The molecular weight excluding hydrogens is 262 g/mol. The Labute approximate surface area is 121 Å². The number of nitrogens with zero attached hydrogens (tertiary/aromatic N) is 2. The van der Waals surface area contributed by atoms with Crippen LogP contribution >= 0.6 is 0 Å². The molecule has 0 spiro atoms. The van der Waals surface area contributed by atoms with Crippen molar-refractivity contribution in [1.29, 1.82) is 0 Å². The van der Waals surface area contributed by atoms with Gasteiger partial charge in [0.25, 0.3) is 0 Å². The standard InChI is InChI=1S/C17H13N3O/c1-10-3-2-4-13-15(10)14-9-18-20-17(14)19-16(13)11-5-7-12(21)8-6-11/h2-9,21H,1H3,(H,18,19,20). The maximum atomic E-state index is 9.46. The van der Waals surface area contributed by atoms with E-state index in [-0.39, 0.29) is 5.75 Å². The van der Waals surface area contributed by atoms with Crippen molar-refractivity contribution in [2.45, 2.75) is 6.92 Å². The molecule has 0 atom stereocenters. The molecule has 0 bridgehead atoms. The third-order valence-corrected chi connectivity index (χ3v) is 3.78. The van der Waals surface area contributed by atoms with Gasteiger partial charge in [-0.25, -0.2) is 4.98 Å². The Balaban J connectivity index is 2.16. The zero-order chi connectivity index (χ0) is 14.4. The molecule has 0 aliphatic heterocycles. The lowest BCUT2D eigenvalue weighted by molar-refractivity contribution is 0.475. The van der Waals surface area contributed by atoms with E-state index in [9.17, 15) is 5.11 Å². The van der Waals surface area contributed by atoms with Gasteiger partial charge in [0.15, 0.2) is 5.65 Å². The van der Waals surface area contributed by atoms with Gasteiger partial charge in [-0.2, -0.15) is 5.10 Å². The summed E-state index contributed by atoms with van der Waals surface area (Å²) in [6.07, 6.45) is 1.82. The lowest BCUT2D eigenvalue weighted by atomic mass is 9.99. The summed E-state index contributed by atoms with van der Waals surface area (Å²) < 4.78 is 0. The number of H-pyrrole nitrogens is 1. The molecule has 0 saturated carbocycles. The van der Waals surface area contributed by atoms with E-state index in [1.165, 1.54) is 10.9 Å². The van der Waals surface area contributed by atoms with Crippen molar-refractivity contribution in [3.05, 3.63) is 54.2 Å². The first kappa shape index (κ1) is 11.9. The van der Waals surface area contributed by atoms with Gasteiger partial charge in [0.2, 0.25) is 0 Å². The summed E-state index contributed by atoms with van der Waals surface area (Å²) in [4.78, 5) is 4.70. The van der Waals surface area contributed by atoms with Crippen molar-refractivity contribution in [2.24, 2.45) is 0 Å². The van der Waals surface area contributed by atoms with E-state index in [2.05, 4.69) is 29.3 Å². The number of aromatic hydroxyl groups is 1. The number of benzene rings is 2. The molecule has 2 aromatic carbocycles. The predicted octanol–water partition coefficient (Wildman–Crippen LogP) is 3.79. The molecule has 2 heterocycles. The molecule has 0 aliphatic carbocycles. The average molecular weight is 275 g/mol. The number of nitrogens with one attached hydrogen (secondary N) is 1. The first-order chi connectivity index (χ1) is 10.2. The predicted molar refractivity (Wildman–Crippen MR) is 83.2 cm³/mol. The van der Waals surface area contributed by atoms with Crippen LogP contribution in [0, 0.1) is 6.92 Å². The van der Waals surface area contributed by atoms with Crippen LogP contribution in [0.5, 0.6) is 5.75 Å². The van der Waals surface area contributed by atoms with E-state index < -0.39 is 0 Å². The first-order valence-electron chi connectivity index (χ1n) is 6.76. The molecule has 4 rings (SSSR count). The minimum absolute atomic E-state index is 0.252. The van der Waals surface area contributed by atoms with Crippen LogP contribution in [-0.2, 0) is 0 Å². The second kappa shape index (κ2) is 4.31. The largest absolute Gasteiger partial charge is 0.508 e. The molecule has 0 radical (unpaired) electrons. The molecule has 0 unspecified atom stereocenters. The van der Waals surface area contributed by atoms with Crippen molar-refractivity contribution < 1.29 is 5.11 Å². The smallest absolute Gasteiger partial charge is 0.156 e. The van der Waals surface area contributed by atoms with Crippen molar-refractivity contribution in [1.82, 2.24) is 15.2 Å². The molecule has 4 heteroatoms. The Morgan fingerprint density at radius 1 is 1.00 bits per heavy atom. The third kappa shape index (κ3) is 1.76. The summed E-state index contributed by atoms with van der Waals surface area (Å²) in [6, 6.07) is 13.3. The van der Waals surface area contributed by atoms with E-state index in [1.54, 1.807) is 12.1 Å². The molecule has 4 nitrogen and oxygen atoms in total. The number of hydrogen-bond donors (Lipinski definition) is 2. The lowest BCUT2D eigenvalue weighted by Crippen LogP contribution is -1.90. The van der Waals surface area contributed by atoms with Crippen LogP contribution in [0.25, 0.3) is 33.1 Å². The average Bonchev–Trinajstić information content (AvgIpc) is 2.95. The van der Waals surface area contributed by atoms with Crippen LogP contribution in [-0.4, -0.2) is 20.3 Å². The van der Waals surface area contributed by atoms with E-state index in [0.29, 0.717) is 0 Å². The Morgan fingerprint density at radius 3 is 2.62 bits per heavy atom. The Hall–Kier alpha value is -2.88. The van der Waals surface area contributed by atoms with E-state index >= 15 is 0 Å².